The van der Waals surface area contributed by atoms with Crippen molar-refractivity contribution in [3.63, 3.8) is 0 Å². The van der Waals surface area contributed by atoms with Crippen molar-refractivity contribution in [2.75, 3.05) is 0 Å². The smallest absolute Gasteiger partial charge is 0.134 e. The summed E-state index contributed by atoms with van der Waals surface area (Å²) in [4.78, 5) is 10.8. The zero-order chi connectivity index (χ0) is 9.84. The quantitative estimate of drug-likeness (QED) is 0.686. The van der Waals surface area contributed by atoms with Crippen LogP contribution in [0.4, 0.5) is 4.39 Å². The van der Waals surface area contributed by atoms with Crippen molar-refractivity contribution in [3.05, 3.63) is 35.1 Å². The van der Waals surface area contributed by atoms with Crippen LogP contribution in [0.5, 0.6) is 0 Å². The largest absolute Gasteiger partial charge is 0.300 e. The van der Waals surface area contributed by atoms with Crippen LogP contribution in [0, 0.1) is 5.82 Å². The zero-order valence-electron chi connectivity index (χ0n) is 7.31. The summed E-state index contributed by atoms with van der Waals surface area (Å²) in [6, 6.07) is 4.93. The number of alkyl halides is 1. The average molecular weight is 201 g/mol. The molecule has 0 spiro atoms. The van der Waals surface area contributed by atoms with Crippen LogP contribution < -0.4 is 0 Å². The lowest BCUT2D eigenvalue weighted by molar-refractivity contribution is -0.116. The average Bonchev–Trinajstić information content (AvgIpc) is 2.08. The molecule has 0 radical (unpaired) electrons. The first-order valence-corrected chi connectivity index (χ1v) is 4.50. The zero-order valence-corrected chi connectivity index (χ0v) is 8.07. The van der Waals surface area contributed by atoms with Crippen LogP contribution >= 0.6 is 11.6 Å². The van der Waals surface area contributed by atoms with Gasteiger partial charge in [0.1, 0.15) is 11.6 Å². The summed E-state index contributed by atoms with van der Waals surface area (Å²) in [6.07, 6.45) is 0.135. The fraction of sp³-hybridized carbons (Fsp3) is 0.300. The topological polar surface area (TPSA) is 17.1 Å². The van der Waals surface area contributed by atoms with Crippen molar-refractivity contribution in [2.24, 2.45) is 0 Å². The monoisotopic (exact) mass is 200 g/mol. The Morgan fingerprint density at radius 2 is 2.08 bits per heavy atom. The summed E-state index contributed by atoms with van der Waals surface area (Å²) in [5.74, 6) is -0.268. The van der Waals surface area contributed by atoms with Gasteiger partial charge in [0.2, 0.25) is 0 Å². The van der Waals surface area contributed by atoms with E-state index in [0.717, 1.165) is 0 Å². The van der Waals surface area contributed by atoms with Crippen LogP contribution in [-0.2, 0) is 17.1 Å². The van der Waals surface area contributed by atoms with E-state index in [0.29, 0.717) is 11.1 Å². The molecule has 0 aliphatic rings. The third kappa shape index (κ3) is 2.52. The van der Waals surface area contributed by atoms with Crippen molar-refractivity contribution in [3.8, 4) is 0 Å². The van der Waals surface area contributed by atoms with Gasteiger partial charge in [0.25, 0.3) is 0 Å². The van der Waals surface area contributed by atoms with Crippen molar-refractivity contribution in [1.29, 1.82) is 0 Å². The molecule has 1 rings (SSSR count). The Kier molecular flexibility index (Phi) is 3.43. The molecule has 0 atom stereocenters. The molecule has 1 aromatic rings. The van der Waals surface area contributed by atoms with Crippen LogP contribution in [0.15, 0.2) is 18.2 Å². The van der Waals surface area contributed by atoms with E-state index in [1.54, 1.807) is 18.2 Å². The third-order valence-corrected chi connectivity index (χ3v) is 2.03. The number of hydrogen-bond acceptors (Lipinski definition) is 1. The second-order valence-electron chi connectivity index (χ2n) is 2.90. The van der Waals surface area contributed by atoms with Gasteiger partial charge in [0.15, 0.2) is 0 Å². The molecule has 0 bridgehead atoms. The summed E-state index contributed by atoms with van der Waals surface area (Å²) in [5.41, 5.74) is 0.867. The highest BCUT2D eigenvalue weighted by Gasteiger charge is 2.08. The molecule has 0 unspecified atom stereocenters. The minimum Gasteiger partial charge on any atom is -0.300 e. The summed E-state index contributed by atoms with van der Waals surface area (Å²) >= 11 is 5.52. The maximum atomic E-state index is 13.4. The van der Waals surface area contributed by atoms with Crippen LogP contribution in [-0.4, -0.2) is 5.78 Å². The maximum Gasteiger partial charge on any atom is 0.134 e. The highest BCUT2D eigenvalue weighted by atomic mass is 35.5. The standard InChI is InChI=1S/C10H10ClFO/c1-7(13)5-8-3-2-4-9(6-11)10(8)12/h2-4H,5-6H2,1H3. The molecular weight excluding hydrogens is 191 g/mol. The Labute approximate surface area is 81.5 Å². The van der Waals surface area contributed by atoms with E-state index in [4.69, 9.17) is 11.6 Å². The molecular formula is C10H10ClFO. The van der Waals surface area contributed by atoms with Crippen LogP contribution in [0.3, 0.4) is 0 Å². The Morgan fingerprint density at radius 3 is 2.62 bits per heavy atom. The number of hydrogen-bond donors (Lipinski definition) is 0. The van der Waals surface area contributed by atoms with Gasteiger partial charge in [-0.1, -0.05) is 18.2 Å². The fourth-order valence-corrected chi connectivity index (χ4v) is 1.35. The van der Waals surface area contributed by atoms with Crippen molar-refractivity contribution in [2.45, 2.75) is 19.2 Å². The number of carbonyl (C=O) groups excluding carboxylic acids is 1. The predicted octanol–water partition coefficient (Wildman–Crippen LogP) is 2.70. The molecule has 70 valence electrons. The molecule has 0 saturated heterocycles. The Balaban J connectivity index is 3.01. The van der Waals surface area contributed by atoms with E-state index in [-0.39, 0.29) is 23.9 Å². The third-order valence-electron chi connectivity index (χ3n) is 1.74. The first kappa shape index (κ1) is 10.2. The summed E-state index contributed by atoms with van der Waals surface area (Å²) in [6.45, 7) is 1.44. The number of Topliss-reactive ketones (excluding diaryl/α,β-unsaturated/α-hetero) is 1. The Morgan fingerprint density at radius 1 is 1.46 bits per heavy atom. The number of ketones is 1. The second kappa shape index (κ2) is 4.38. The summed E-state index contributed by atoms with van der Waals surface area (Å²) in [7, 11) is 0. The van der Waals surface area contributed by atoms with Gasteiger partial charge in [-0.2, -0.15) is 0 Å². The van der Waals surface area contributed by atoms with E-state index in [1.807, 2.05) is 0 Å². The van der Waals surface area contributed by atoms with Gasteiger partial charge in [0, 0.05) is 12.0 Å². The molecule has 0 N–H and O–H groups in total. The van der Waals surface area contributed by atoms with Gasteiger partial charge in [-0.15, -0.1) is 11.6 Å². The van der Waals surface area contributed by atoms with Crippen LogP contribution in [0.1, 0.15) is 18.1 Å². The number of carbonyl (C=O) groups is 1. The van der Waals surface area contributed by atoms with Gasteiger partial charge >= 0.3 is 0 Å². The molecule has 0 saturated carbocycles. The molecule has 0 fully saturated rings. The van der Waals surface area contributed by atoms with Gasteiger partial charge < -0.3 is 0 Å². The van der Waals surface area contributed by atoms with E-state index in [9.17, 15) is 9.18 Å². The summed E-state index contributed by atoms with van der Waals surface area (Å²) in [5, 5.41) is 0. The van der Waals surface area contributed by atoms with Crippen molar-refractivity contribution in [1.82, 2.24) is 0 Å². The SMILES string of the molecule is CC(=O)Cc1cccc(CCl)c1F. The molecule has 1 nitrogen and oxygen atoms in total. The lowest BCUT2D eigenvalue weighted by Crippen LogP contribution is -2.01. The second-order valence-corrected chi connectivity index (χ2v) is 3.17. The van der Waals surface area contributed by atoms with Crippen molar-refractivity contribution >= 4 is 17.4 Å². The lowest BCUT2D eigenvalue weighted by atomic mass is 10.1. The highest BCUT2D eigenvalue weighted by molar-refractivity contribution is 6.17. The molecule has 0 amide bonds. The number of rotatable bonds is 3. The maximum absolute atomic E-state index is 13.4. The first-order chi connectivity index (χ1) is 6.15. The van der Waals surface area contributed by atoms with E-state index in [2.05, 4.69) is 0 Å². The van der Waals surface area contributed by atoms with Gasteiger partial charge in [0.05, 0.1) is 5.88 Å². The molecule has 0 aliphatic carbocycles. The normalized spacial score (nSPS) is 10.1. The van der Waals surface area contributed by atoms with Gasteiger partial charge in [-0.25, -0.2) is 4.39 Å². The number of benzene rings is 1. The first-order valence-electron chi connectivity index (χ1n) is 3.97. The van der Waals surface area contributed by atoms with Crippen LogP contribution in [0.25, 0.3) is 0 Å². The molecule has 0 heterocycles. The fourth-order valence-electron chi connectivity index (χ4n) is 1.14. The minimum atomic E-state index is -0.354. The number of halogens is 2. The Bertz CT molecular complexity index is 323. The molecule has 13 heavy (non-hydrogen) atoms. The lowest BCUT2D eigenvalue weighted by Gasteiger charge is -2.03. The molecule has 3 heteroatoms. The predicted molar refractivity (Wildman–Crippen MR) is 50.3 cm³/mol. The molecule has 0 aromatic heterocycles. The molecule has 1 aromatic carbocycles. The van der Waals surface area contributed by atoms with Gasteiger partial charge in [-0.3, -0.25) is 4.79 Å². The van der Waals surface area contributed by atoms with E-state index in [1.165, 1.54) is 6.92 Å². The highest BCUT2D eigenvalue weighted by Crippen LogP contribution is 2.15. The molecule has 0 aliphatic heterocycles. The summed E-state index contributed by atoms with van der Waals surface area (Å²) < 4.78 is 13.4. The minimum absolute atomic E-state index is 0.0503. The van der Waals surface area contributed by atoms with E-state index >= 15 is 0 Å². The Hall–Kier alpha value is -0.890. The van der Waals surface area contributed by atoms with Crippen LogP contribution in [0.2, 0.25) is 0 Å². The van der Waals surface area contributed by atoms with Crippen molar-refractivity contribution < 1.29 is 9.18 Å². The van der Waals surface area contributed by atoms with E-state index < -0.39 is 0 Å². The van der Waals surface area contributed by atoms with Gasteiger partial charge in [-0.05, 0) is 12.5 Å².